The number of aromatic nitrogens is 3. The van der Waals surface area contributed by atoms with E-state index in [0.717, 1.165) is 25.2 Å². The molecular weight excluding hydrogens is 589 g/mol. The number of halogens is 2. The van der Waals surface area contributed by atoms with Crippen molar-refractivity contribution < 1.29 is 14.3 Å². The molecule has 4 aromatic rings. The summed E-state index contributed by atoms with van der Waals surface area (Å²) >= 11 is 12.4. The minimum absolute atomic E-state index is 0.0491. The van der Waals surface area contributed by atoms with Crippen molar-refractivity contribution in [1.29, 1.82) is 0 Å². The number of nitrogens with zero attached hydrogens (tertiary/aromatic N) is 4. The molecule has 11 heteroatoms. The molecule has 0 atom stereocenters. The van der Waals surface area contributed by atoms with Gasteiger partial charge < -0.3 is 14.6 Å². The van der Waals surface area contributed by atoms with Crippen LogP contribution in [0.25, 0.3) is 11.0 Å². The lowest BCUT2D eigenvalue weighted by Gasteiger charge is -2.31. The maximum atomic E-state index is 13.3. The van der Waals surface area contributed by atoms with Crippen molar-refractivity contribution in [2.75, 3.05) is 18.4 Å². The van der Waals surface area contributed by atoms with Crippen molar-refractivity contribution in [2.24, 2.45) is 0 Å². The second-order valence-corrected chi connectivity index (χ2v) is 11.4. The maximum absolute atomic E-state index is 13.3. The summed E-state index contributed by atoms with van der Waals surface area (Å²) in [6, 6.07) is 10.9. The van der Waals surface area contributed by atoms with Crippen LogP contribution < -0.4 is 10.7 Å². The molecule has 0 spiro atoms. The number of anilines is 1. The van der Waals surface area contributed by atoms with Crippen molar-refractivity contribution in [3.63, 3.8) is 0 Å². The smallest absolute Gasteiger partial charge is 0.338 e. The molecule has 3 heterocycles. The van der Waals surface area contributed by atoms with Gasteiger partial charge in [-0.3, -0.25) is 19.5 Å². The van der Waals surface area contributed by atoms with Gasteiger partial charge in [-0.1, -0.05) is 49.2 Å². The van der Waals surface area contributed by atoms with Crippen molar-refractivity contribution in [1.82, 2.24) is 19.4 Å². The van der Waals surface area contributed by atoms with Gasteiger partial charge in [-0.25, -0.2) is 9.78 Å². The zero-order valence-corrected chi connectivity index (χ0v) is 25.6. The number of esters is 1. The monoisotopic (exact) mass is 621 g/mol. The number of rotatable bonds is 9. The van der Waals surface area contributed by atoms with Crippen LogP contribution in [0, 0.1) is 0 Å². The first-order valence-electron chi connectivity index (χ1n) is 14.4. The van der Waals surface area contributed by atoms with Gasteiger partial charge in [0, 0.05) is 37.4 Å². The number of hydrogen-bond acceptors (Lipinski definition) is 7. The third-order valence-electron chi connectivity index (χ3n) is 7.93. The van der Waals surface area contributed by atoms with Crippen LogP contribution >= 0.6 is 23.2 Å². The van der Waals surface area contributed by atoms with Gasteiger partial charge in [-0.05, 0) is 68.6 Å². The molecule has 0 saturated heterocycles. The minimum atomic E-state index is -0.634. The zero-order valence-electron chi connectivity index (χ0n) is 24.1. The predicted molar refractivity (Wildman–Crippen MR) is 168 cm³/mol. The first-order chi connectivity index (χ1) is 20.8. The molecule has 0 radical (unpaired) electrons. The molecule has 1 fully saturated rings. The Hall–Kier alpha value is -3.79. The van der Waals surface area contributed by atoms with Gasteiger partial charge in [0.05, 0.1) is 26.7 Å². The summed E-state index contributed by atoms with van der Waals surface area (Å²) in [4.78, 5) is 50.2. The summed E-state index contributed by atoms with van der Waals surface area (Å²) in [6.45, 7) is 7.05. The van der Waals surface area contributed by atoms with Crippen molar-refractivity contribution in [3.8, 4) is 0 Å². The van der Waals surface area contributed by atoms with E-state index in [1.165, 1.54) is 12.4 Å². The van der Waals surface area contributed by atoms with E-state index < -0.39 is 11.3 Å². The molecule has 1 N–H and O–H groups in total. The molecule has 1 amide bonds. The summed E-state index contributed by atoms with van der Waals surface area (Å²) in [5, 5.41) is 3.31. The van der Waals surface area contributed by atoms with E-state index in [1.54, 1.807) is 24.5 Å². The van der Waals surface area contributed by atoms with Gasteiger partial charge in [0.2, 0.25) is 5.43 Å². The standard InChI is InChI=1S/C32H33Cl2N5O4/c1-3-38(4-2)18-20-7-9-21(10-8-20)32(42)43-23-13-11-22(12-14-23)39-19-25(29(40)24-6-5-15-36-30(24)39)31(41)37-28-26(33)16-35-17-27(28)34/h5-10,15-17,19,22-23H,3-4,11-14,18H2,1-2H3,(H,35,37,41)/t22-,23-. The molecule has 1 aromatic carbocycles. The van der Waals surface area contributed by atoms with Gasteiger partial charge in [0.15, 0.2) is 0 Å². The number of fused-ring (bicyclic) bond motifs is 1. The van der Waals surface area contributed by atoms with Gasteiger partial charge >= 0.3 is 5.97 Å². The molecule has 0 bridgehead atoms. The normalized spacial score (nSPS) is 16.8. The first kappa shape index (κ1) is 30.7. The number of nitrogens with one attached hydrogen (secondary N) is 1. The van der Waals surface area contributed by atoms with E-state index in [0.29, 0.717) is 42.3 Å². The average Bonchev–Trinajstić information content (AvgIpc) is 3.02. The van der Waals surface area contributed by atoms with Crippen LogP contribution in [0.2, 0.25) is 10.0 Å². The second-order valence-electron chi connectivity index (χ2n) is 10.6. The predicted octanol–water partition coefficient (Wildman–Crippen LogP) is 6.53. The lowest BCUT2D eigenvalue weighted by molar-refractivity contribution is 0.0173. The average molecular weight is 623 g/mol. The third kappa shape index (κ3) is 6.90. The topological polar surface area (TPSA) is 106 Å². The Morgan fingerprint density at radius 2 is 1.70 bits per heavy atom. The van der Waals surface area contributed by atoms with E-state index in [1.807, 2.05) is 28.8 Å². The van der Waals surface area contributed by atoms with Crippen molar-refractivity contribution in [3.05, 3.63) is 98.1 Å². The largest absolute Gasteiger partial charge is 0.459 e. The minimum Gasteiger partial charge on any atom is -0.459 e. The molecule has 0 aliphatic heterocycles. The molecule has 224 valence electrons. The van der Waals surface area contributed by atoms with Crippen LogP contribution in [-0.4, -0.2) is 50.5 Å². The molecule has 0 unspecified atom stereocenters. The summed E-state index contributed by atoms with van der Waals surface area (Å²) in [7, 11) is 0. The van der Waals surface area contributed by atoms with Crippen LogP contribution in [-0.2, 0) is 11.3 Å². The third-order valence-corrected chi connectivity index (χ3v) is 8.50. The highest BCUT2D eigenvalue weighted by molar-refractivity contribution is 6.39. The van der Waals surface area contributed by atoms with Crippen LogP contribution in [0.5, 0.6) is 0 Å². The summed E-state index contributed by atoms with van der Waals surface area (Å²) in [6.07, 6.45) is 8.30. The summed E-state index contributed by atoms with van der Waals surface area (Å²) in [5.74, 6) is -0.967. The fraction of sp³-hybridized carbons (Fsp3) is 0.344. The number of carbonyl (C=O) groups excluding carboxylic acids is 2. The number of benzene rings is 1. The number of hydrogen-bond donors (Lipinski definition) is 1. The van der Waals surface area contributed by atoms with Gasteiger partial charge in [0.25, 0.3) is 5.91 Å². The summed E-state index contributed by atoms with van der Waals surface area (Å²) in [5.41, 5.74) is 1.87. The van der Waals surface area contributed by atoms with Gasteiger partial charge in [0.1, 0.15) is 17.3 Å². The maximum Gasteiger partial charge on any atom is 0.338 e. The van der Waals surface area contributed by atoms with E-state index in [4.69, 9.17) is 27.9 Å². The fourth-order valence-corrected chi connectivity index (χ4v) is 5.91. The number of pyridine rings is 3. The molecule has 5 rings (SSSR count). The zero-order chi connectivity index (χ0) is 30.5. The Balaban J connectivity index is 1.29. The van der Waals surface area contributed by atoms with Crippen LogP contribution in [0.3, 0.4) is 0 Å². The first-order valence-corrected chi connectivity index (χ1v) is 15.2. The Morgan fingerprint density at radius 3 is 2.35 bits per heavy atom. The summed E-state index contributed by atoms with van der Waals surface area (Å²) < 4.78 is 7.75. The molecule has 3 aromatic heterocycles. The Labute approximate surface area is 259 Å². The lowest BCUT2D eigenvalue weighted by Crippen LogP contribution is -2.29. The highest BCUT2D eigenvalue weighted by atomic mass is 35.5. The number of amides is 1. The van der Waals surface area contributed by atoms with E-state index in [9.17, 15) is 14.4 Å². The van der Waals surface area contributed by atoms with Gasteiger partial charge in [-0.2, -0.15) is 0 Å². The molecule has 1 aliphatic carbocycles. The molecule has 43 heavy (non-hydrogen) atoms. The van der Waals surface area contributed by atoms with E-state index in [2.05, 4.69) is 34.0 Å². The highest BCUT2D eigenvalue weighted by Crippen LogP contribution is 2.33. The Kier molecular flexibility index (Phi) is 9.75. The molecule has 1 aliphatic rings. The number of carbonyl (C=O) groups is 2. The highest BCUT2D eigenvalue weighted by Gasteiger charge is 2.28. The van der Waals surface area contributed by atoms with Crippen LogP contribution in [0.1, 0.15) is 71.9 Å². The SMILES string of the molecule is CCN(CC)Cc1ccc(C(=O)O[C@H]2CC[C@H](n3cc(C(=O)Nc4c(Cl)cncc4Cl)c(=O)c4cccnc43)CC2)cc1. The fourth-order valence-electron chi connectivity index (χ4n) is 5.45. The second kappa shape index (κ2) is 13.7. The van der Waals surface area contributed by atoms with Crippen LogP contribution in [0.4, 0.5) is 5.69 Å². The molecular formula is C32H33Cl2N5O4. The van der Waals surface area contributed by atoms with Crippen molar-refractivity contribution in [2.45, 2.75) is 58.2 Å². The van der Waals surface area contributed by atoms with Gasteiger partial charge in [-0.15, -0.1) is 0 Å². The van der Waals surface area contributed by atoms with Crippen molar-refractivity contribution >= 4 is 51.8 Å². The van der Waals surface area contributed by atoms with Crippen LogP contribution in [0.15, 0.2) is 66.0 Å². The quantitative estimate of drug-likeness (QED) is 0.212. The lowest BCUT2D eigenvalue weighted by atomic mass is 9.92. The number of ether oxygens (including phenoxy) is 1. The Morgan fingerprint density at radius 1 is 1.02 bits per heavy atom. The van der Waals surface area contributed by atoms with E-state index in [-0.39, 0.29) is 39.4 Å². The molecule has 9 nitrogen and oxygen atoms in total. The van der Waals surface area contributed by atoms with E-state index >= 15 is 0 Å². The molecule has 1 saturated carbocycles. The Bertz CT molecular complexity index is 1660.